The monoisotopic (exact) mass is 297 g/mol. The Labute approximate surface area is 120 Å². The van der Waals surface area contributed by atoms with Crippen molar-refractivity contribution in [1.82, 2.24) is 25.2 Å². The Hall–Kier alpha value is -2.49. The van der Waals surface area contributed by atoms with Gasteiger partial charge in [-0.05, 0) is 0 Å². The fourth-order valence-corrected chi connectivity index (χ4v) is 1.92. The molecule has 0 atom stereocenters. The first-order valence-electron chi connectivity index (χ1n) is 6.16. The highest BCUT2D eigenvalue weighted by Gasteiger charge is 2.28. The molecule has 0 aliphatic carbocycles. The van der Waals surface area contributed by atoms with Crippen LogP contribution in [0.15, 0.2) is 0 Å². The van der Waals surface area contributed by atoms with E-state index in [0.717, 1.165) is 4.90 Å². The first kappa shape index (κ1) is 14.9. The number of aromatic nitrogens is 3. The highest BCUT2D eigenvalue weighted by molar-refractivity contribution is 5.95. The number of hydrogen-bond acceptors (Lipinski definition) is 7. The summed E-state index contributed by atoms with van der Waals surface area (Å²) in [4.78, 5) is 36.1. The number of imide groups is 1. The van der Waals surface area contributed by atoms with Gasteiger partial charge in [0.1, 0.15) is 6.54 Å². The topological polar surface area (TPSA) is 116 Å². The predicted octanol–water partition coefficient (Wildman–Crippen LogP) is -1.24. The molecular weight excluding hydrogens is 282 g/mol. The largest absolute Gasteiger partial charge is 0.464 e. The van der Waals surface area contributed by atoms with Crippen LogP contribution in [0.3, 0.4) is 0 Å². The molecule has 2 heterocycles. The van der Waals surface area contributed by atoms with Gasteiger partial charge in [0.2, 0.25) is 0 Å². The van der Waals surface area contributed by atoms with Gasteiger partial charge >= 0.3 is 12.0 Å². The van der Waals surface area contributed by atoms with E-state index in [9.17, 15) is 14.4 Å². The molecule has 114 valence electrons. The summed E-state index contributed by atoms with van der Waals surface area (Å²) in [5, 5.41) is 9.97. The number of carbonyl (C=O) groups is 3. The zero-order valence-corrected chi connectivity index (χ0v) is 11.7. The number of esters is 1. The lowest BCUT2D eigenvalue weighted by Gasteiger charge is -2.13. The number of nitrogens with one attached hydrogen (secondary N) is 1. The lowest BCUT2D eigenvalue weighted by atomic mass is 10.3. The number of nitrogens with zero attached hydrogens (tertiary/aromatic N) is 4. The number of rotatable bonds is 5. The van der Waals surface area contributed by atoms with E-state index in [4.69, 9.17) is 4.74 Å². The highest BCUT2D eigenvalue weighted by atomic mass is 16.5. The summed E-state index contributed by atoms with van der Waals surface area (Å²) in [6.07, 6.45) is 0. The molecule has 1 aliphatic heterocycles. The molecule has 10 nitrogen and oxygen atoms in total. The average Bonchev–Trinajstić information content (AvgIpc) is 3.06. The summed E-state index contributed by atoms with van der Waals surface area (Å²) in [5.74, 6) is -1.11. The van der Waals surface area contributed by atoms with Gasteiger partial charge in [0.25, 0.3) is 5.91 Å². The molecule has 3 amide bonds. The second-order valence-corrected chi connectivity index (χ2v) is 4.24. The van der Waals surface area contributed by atoms with Crippen molar-refractivity contribution in [2.75, 3.05) is 27.3 Å². The molecule has 1 aliphatic rings. The standard InChI is InChI=1S/C11H15N5O5/c1-20-6-7-9(10(18)21-2)13-14-16(7)5-8(17)15-4-3-12-11(15)19/h3-6H2,1-2H3,(H,12,19). The summed E-state index contributed by atoms with van der Waals surface area (Å²) in [5.41, 5.74) is 0.301. The van der Waals surface area contributed by atoms with Gasteiger partial charge in [-0.1, -0.05) is 5.21 Å². The van der Waals surface area contributed by atoms with Crippen molar-refractivity contribution in [1.29, 1.82) is 0 Å². The maximum absolute atomic E-state index is 12.0. The average molecular weight is 297 g/mol. The fourth-order valence-electron chi connectivity index (χ4n) is 1.92. The Kier molecular flexibility index (Phi) is 4.48. The van der Waals surface area contributed by atoms with Crippen LogP contribution in [0.4, 0.5) is 4.79 Å². The van der Waals surface area contributed by atoms with Gasteiger partial charge < -0.3 is 14.8 Å². The number of methoxy groups -OCH3 is 2. The normalized spacial score (nSPS) is 14.2. The minimum Gasteiger partial charge on any atom is -0.464 e. The molecular formula is C11H15N5O5. The van der Waals surface area contributed by atoms with Crippen molar-refractivity contribution < 1.29 is 23.9 Å². The van der Waals surface area contributed by atoms with Crippen LogP contribution >= 0.6 is 0 Å². The smallest absolute Gasteiger partial charge is 0.360 e. The van der Waals surface area contributed by atoms with E-state index < -0.39 is 17.9 Å². The molecule has 0 radical (unpaired) electrons. The molecule has 0 unspecified atom stereocenters. The number of hydrogen-bond donors (Lipinski definition) is 1. The quantitative estimate of drug-likeness (QED) is 0.676. The van der Waals surface area contributed by atoms with E-state index in [1.165, 1.54) is 18.9 Å². The van der Waals surface area contributed by atoms with Crippen LogP contribution in [0, 0.1) is 0 Å². The molecule has 1 aromatic heterocycles. The third kappa shape index (κ3) is 2.99. The number of carbonyl (C=O) groups excluding carboxylic acids is 3. The fraction of sp³-hybridized carbons (Fsp3) is 0.545. The van der Waals surface area contributed by atoms with Gasteiger partial charge in [-0.3, -0.25) is 9.69 Å². The van der Waals surface area contributed by atoms with Crippen molar-refractivity contribution in [3.8, 4) is 0 Å². The Balaban J connectivity index is 2.19. The van der Waals surface area contributed by atoms with Crippen molar-refractivity contribution in [3.05, 3.63) is 11.4 Å². The Morgan fingerprint density at radius 2 is 2.14 bits per heavy atom. The van der Waals surface area contributed by atoms with E-state index in [-0.39, 0.29) is 18.8 Å². The molecule has 0 spiro atoms. The van der Waals surface area contributed by atoms with Crippen molar-refractivity contribution >= 4 is 17.9 Å². The Bertz CT molecular complexity index is 569. The van der Waals surface area contributed by atoms with Gasteiger partial charge in [0, 0.05) is 20.2 Å². The zero-order chi connectivity index (χ0) is 15.4. The minimum atomic E-state index is -0.667. The Morgan fingerprint density at radius 1 is 1.38 bits per heavy atom. The molecule has 10 heteroatoms. The van der Waals surface area contributed by atoms with Crippen LogP contribution in [0.25, 0.3) is 0 Å². The summed E-state index contributed by atoms with van der Waals surface area (Å²) in [6.45, 7) is 0.545. The van der Waals surface area contributed by atoms with Gasteiger partial charge in [-0.15, -0.1) is 5.10 Å². The van der Waals surface area contributed by atoms with Crippen LogP contribution < -0.4 is 5.32 Å². The first-order valence-corrected chi connectivity index (χ1v) is 6.16. The predicted molar refractivity (Wildman–Crippen MR) is 67.2 cm³/mol. The third-order valence-electron chi connectivity index (χ3n) is 2.94. The second-order valence-electron chi connectivity index (χ2n) is 4.24. The van der Waals surface area contributed by atoms with Crippen LogP contribution in [-0.4, -0.2) is 65.1 Å². The van der Waals surface area contributed by atoms with Crippen molar-refractivity contribution in [2.45, 2.75) is 13.2 Å². The van der Waals surface area contributed by atoms with Gasteiger partial charge in [-0.2, -0.15) is 0 Å². The maximum atomic E-state index is 12.0. The molecule has 21 heavy (non-hydrogen) atoms. The van der Waals surface area contributed by atoms with Crippen LogP contribution in [0.2, 0.25) is 0 Å². The lowest BCUT2D eigenvalue weighted by Crippen LogP contribution is -2.37. The van der Waals surface area contributed by atoms with E-state index in [1.807, 2.05) is 0 Å². The number of ether oxygens (including phenoxy) is 2. The molecule has 0 bridgehead atoms. The van der Waals surface area contributed by atoms with Crippen LogP contribution in [0.1, 0.15) is 16.2 Å². The van der Waals surface area contributed by atoms with E-state index in [0.29, 0.717) is 18.8 Å². The minimum absolute atomic E-state index is 0.0157. The van der Waals surface area contributed by atoms with Crippen LogP contribution in [-0.2, 0) is 27.4 Å². The first-order chi connectivity index (χ1) is 10.1. The molecule has 1 N–H and O–H groups in total. The highest BCUT2D eigenvalue weighted by Crippen LogP contribution is 2.10. The van der Waals surface area contributed by atoms with Crippen molar-refractivity contribution in [3.63, 3.8) is 0 Å². The Morgan fingerprint density at radius 3 is 2.71 bits per heavy atom. The van der Waals surface area contributed by atoms with Gasteiger partial charge in [0.15, 0.2) is 5.69 Å². The summed E-state index contributed by atoms with van der Waals surface area (Å²) < 4.78 is 10.8. The summed E-state index contributed by atoms with van der Waals surface area (Å²) in [6, 6.07) is -0.443. The van der Waals surface area contributed by atoms with Gasteiger partial charge in [0.05, 0.1) is 19.4 Å². The lowest BCUT2D eigenvalue weighted by molar-refractivity contribution is -0.128. The number of urea groups is 1. The SMILES string of the molecule is COCc1c(C(=O)OC)nnn1CC(=O)N1CCNC1=O. The van der Waals surface area contributed by atoms with E-state index in [2.05, 4.69) is 20.4 Å². The maximum Gasteiger partial charge on any atom is 0.360 e. The molecule has 1 aromatic rings. The van der Waals surface area contributed by atoms with Gasteiger partial charge in [-0.25, -0.2) is 14.3 Å². The van der Waals surface area contributed by atoms with Crippen LogP contribution in [0.5, 0.6) is 0 Å². The third-order valence-corrected chi connectivity index (χ3v) is 2.94. The molecule has 2 rings (SSSR count). The molecule has 1 saturated heterocycles. The summed E-state index contributed by atoms with van der Waals surface area (Å²) in [7, 11) is 2.66. The second kappa shape index (κ2) is 6.31. The number of amides is 3. The molecule has 0 aromatic carbocycles. The van der Waals surface area contributed by atoms with Crippen molar-refractivity contribution in [2.24, 2.45) is 0 Å². The molecule has 0 saturated carbocycles. The van der Waals surface area contributed by atoms with E-state index >= 15 is 0 Å². The summed E-state index contributed by atoms with van der Waals surface area (Å²) >= 11 is 0. The zero-order valence-electron chi connectivity index (χ0n) is 11.7. The van der Waals surface area contributed by atoms with E-state index in [1.54, 1.807) is 0 Å². The molecule has 1 fully saturated rings.